The molecule has 0 aliphatic heterocycles. The number of carboxylic acid groups (broad SMARTS) is 1. The highest BCUT2D eigenvalue weighted by atomic mass is 19.1. The quantitative estimate of drug-likeness (QED) is 0.288. The Morgan fingerprint density at radius 2 is 1.77 bits per heavy atom. The van der Waals surface area contributed by atoms with Crippen LogP contribution in [-0.2, 0) is 17.8 Å². The van der Waals surface area contributed by atoms with Crippen LogP contribution in [0.2, 0.25) is 0 Å². The molecule has 0 spiro atoms. The van der Waals surface area contributed by atoms with Crippen LogP contribution < -0.4 is 9.47 Å². The van der Waals surface area contributed by atoms with E-state index in [-0.39, 0.29) is 59.1 Å². The smallest absolute Gasteiger partial charge is 0.303 e. The summed E-state index contributed by atoms with van der Waals surface area (Å²) in [7, 11) is 1.43. The van der Waals surface area contributed by atoms with Crippen LogP contribution in [-0.4, -0.2) is 23.2 Å². The van der Waals surface area contributed by atoms with Crippen molar-refractivity contribution in [1.29, 1.82) is 0 Å². The van der Waals surface area contributed by atoms with E-state index < -0.39 is 23.4 Å². The molecule has 8 heteroatoms. The van der Waals surface area contributed by atoms with E-state index in [1.54, 1.807) is 12.1 Å². The monoisotopic (exact) mass is 555 g/mol. The zero-order valence-corrected chi connectivity index (χ0v) is 23.2. The number of benzene rings is 2. The molecule has 3 aromatic rings. The number of rotatable bonds is 9. The van der Waals surface area contributed by atoms with Gasteiger partial charge in [-0.3, -0.25) is 4.79 Å². The van der Waals surface area contributed by atoms with Gasteiger partial charge in [0.15, 0.2) is 11.6 Å². The van der Waals surface area contributed by atoms with Gasteiger partial charge in [-0.2, -0.15) is 0 Å². The number of pyridine rings is 1. The SMILES string of the molecule is C1CC1.COc1cc(-c2cc(F)c(COc3cccc(CCC(=O)O)c3F)cc2C2CCCC2(C)C)c(F)cn1. The molecule has 2 aliphatic rings. The number of nitrogens with zero attached hydrogens (tertiary/aromatic N) is 1. The lowest BCUT2D eigenvalue weighted by Crippen LogP contribution is -2.17. The van der Waals surface area contributed by atoms with Gasteiger partial charge in [-0.05, 0) is 65.5 Å². The maximum absolute atomic E-state index is 15.4. The lowest BCUT2D eigenvalue weighted by Gasteiger charge is -2.30. The zero-order valence-electron chi connectivity index (χ0n) is 23.2. The Hall–Kier alpha value is -3.55. The molecule has 2 aliphatic carbocycles. The van der Waals surface area contributed by atoms with Crippen LogP contribution in [0.25, 0.3) is 11.1 Å². The Morgan fingerprint density at radius 1 is 1.02 bits per heavy atom. The topological polar surface area (TPSA) is 68.7 Å². The molecule has 1 aromatic heterocycles. The Balaban J connectivity index is 0.00000115. The molecule has 2 saturated carbocycles. The molecule has 2 fully saturated rings. The van der Waals surface area contributed by atoms with Gasteiger partial charge in [0.25, 0.3) is 0 Å². The minimum absolute atomic E-state index is 0.0172. The molecule has 0 bridgehead atoms. The highest BCUT2D eigenvalue weighted by Crippen LogP contribution is 2.51. The first-order valence-corrected chi connectivity index (χ1v) is 13.7. The first-order chi connectivity index (χ1) is 19.1. The first-order valence-electron chi connectivity index (χ1n) is 13.7. The van der Waals surface area contributed by atoms with Gasteiger partial charge in [0.05, 0.1) is 13.3 Å². The molecular formula is C32H36F3NO4. The van der Waals surface area contributed by atoms with Gasteiger partial charge in [0.2, 0.25) is 5.88 Å². The Labute approximate surface area is 233 Å². The molecule has 0 amide bonds. The summed E-state index contributed by atoms with van der Waals surface area (Å²) in [5.74, 6) is -2.69. The van der Waals surface area contributed by atoms with E-state index in [0.29, 0.717) is 5.56 Å². The fourth-order valence-electron chi connectivity index (χ4n) is 5.17. The summed E-state index contributed by atoms with van der Waals surface area (Å²) in [4.78, 5) is 14.8. The van der Waals surface area contributed by atoms with Crippen molar-refractivity contribution in [3.8, 4) is 22.8 Å². The van der Waals surface area contributed by atoms with E-state index >= 15 is 4.39 Å². The molecule has 5 rings (SSSR count). The number of carboxylic acids is 1. The third-order valence-electron chi connectivity index (χ3n) is 7.57. The molecule has 0 saturated heterocycles. The standard InChI is InChI=1S/C29H30F3NO4.C3H6/c1-29(2)11-5-7-22(29)20-12-18(16-37-25-8-4-6-17(28(25)32)9-10-27(34)35)23(30)13-19(20)21-14-26(36-3)33-15-24(21)31;1-2-3-1/h4,6,8,12-15,22H,5,7,9-11,16H2,1-3H3,(H,34,35);1-3H2. The lowest BCUT2D eigenvalue weighted by molar-refractivity contribution is -0.136. The van der Waals surface area contributed by atoms with Crippen molar-refractivity contribution in [2.24, 2.45) is 5.41 Å². The number of aryl methyl sites for hydroxylation is 1. The van der Waals surface area contributed by atoms with Crippen molar-refractivity contribution >= 4 is 5.97 Å². The van der Waals surface area contributed by atoms with Crippen molar-refractivity contribution in [3.63, 3.8) is 0 Å². The average Bonchev–Trinajstić information content (AvgIpc) is 3.76. The summed E-state index contributed by atoms with van der Waals surface area (Å²) < 4.78 is 56.0. The number of carbonyl (C=O) groups is 1. The molecule has 1 heterocycles. The molecule has 1 N–H and O–H groups in total. The second kappa shape index (κ2) is 12.7. The minimum Gasteiger partial charge on any atom is -0.486 e. The second-order valence-corrected chi connectivity index (χ2v) is 11.1. The van der Waals surface area contributed by atoms with Gasteiger partial charge in [-0.1, -0.05) is 51.7 Å². The van der Waals surface area contributed by atoms with Gasteiger partial charge in [0.1, 0.15) is 18.2 Å². The summed E-state index contributed by atoms with van der Waals surface area (Å²) in [5, 5.41) is 8.89. The Kier molecular flexibility index (Phi) is 9.38. The van der Waals surface area contributed by atoms with Gasteiger partial charge in [-0.25, -0.2) is 18.2 Å². The van der Waals surface area contributed by atoms with E-state index in [1.165, 1.54) is 50.6 Å². The normalized spacial score (nSPS) is 17.1. The highest BCUT2D eigenvalue weighted by molar-refractivity contribution is 5.70. The molecule has 40 heavy (non-hydrogen) atoms. The summed E-state index contributed by atoms with van der Waals surface area (Å²) >= 11 is 0. The van der Waals surface area contributed by atoms with Crippen LogP contribution in [0.15, 0.2) is 42.6 Å². The average molecular weight is 556 g/mol. The van der Waals surface area contributed by atoms with Crippen LogP contribution in [0.5, 0.6) is 11.6 Å². The zero-order chi connectivity index (χ0) is 28.9. The highest BCUT2D eigenvalue weighted by Gasteiger charge is 2.37. The maximum atomic E-state index is 15.4. The summed E-state index contributed by atoms with van der Waals surface area (Å²) in [6.07, 6.45) is 8.22. The maximum Gasteiger partial charge on any atom is 0.303 e. The van der Waals surface area contributed by atoms with E-state index in [9.17, 15) is 13.6 Å². The molecular weight excluding hydrogens is 519 g/mol. The first kappa shape index (κ1) is 29.4. The number of aromatic nitrogens is 1. The lowest BCUT2D eigenvalue weighted by atomic mass is 9.75. The van der Waals surface area contributed by atoms with E-state index in [4.69, 9.17) is 14.6 Å². The van der Waals surface area contributed by atoms with Crippen molar-refractivity contribution in [1.82, 2.24) is 4.98 Å². The molecule has 1 unspecified atom stereocenters. The van der Waals surface area contributed by atoms with E-state index in [2.05, 4.69) is 18.8 Å². The largest absolute Gasteiger partial charge is 0.486 e. The summed E-state index contributed by atoms with van der Waals surface area (Å²) in [6.45, 7) is 4.05. The van der Waals surface area contributed by atoms with Crippen molar-refractivity contribution < 1.29 is 32.5 Å². The number of ether oxygens (including phenoxy) is 2. The molecule has 1 atom stereocenters. The van der Waals surface area contributed by atoms with E-state index in [0.717, 1.165) is 31.0 Å². The van der Waals surface area contributed by atoms with Crippen molar-refractivity contribution in [2.75, 3.05) is 7.11 Å². The van der Waals surface area contributed by atoms with Gasteiger partial charge < -0.3 is 14.6 Å². The second-order valence-electron chi connectivity index (χ2n) is 11.1. The van der Waals surface area contributed by atoms with Crippen LogP contribution in [0, 0.1) is 22.9 Å². The van der Waals surface area contributed by atoms with Crippen LogP contribution >= 0.6 is 0 Å². The Morgan fingerprint density at radius 3 is 2.40 bits per heavy atom. The summed E-state index contributed by atoms with van der Waals surface area (Å²) in [5.41, 5.74) is 1.78. The van der Waals surface area contributed by atoms with Crippen LogP contribution in [0.4, 0.5) is 13.2 Å². The molecule has 5 nitrogen and oxygen atoms in total. The van der Waals surface area contributed by atoms with Gasteiger partial charge >= 0.3 is 5.97 Å². The number of aliphatic carboxylic acids is 1. The van der Waals surface area contributed by atoms with Crippen LogP contribution in [0.1, 0.15) is 81.4 Å². The van der Waals surface area contributed by atoms with Crippen LogP contribution in [0.3, 0.4) is 0 Å². The molecule has 0 radical (unpaired) electrons. The van der Waals surface area contributed by atoms with Gasteiger partial charge in [0, 0.05) is 23.6 Å². The minimum atomic E-state index is -1.03. The molecule has 2 aromatic carbocycles. The fraction of sp³-hybridized carbons (Fsp3) is 0.438. The predicted octanol–water partition coefficient (Wildman–Crippen LogP) is 8.23. The van der Waals surface area contributed by atoms with Gasteiger partial charge in [-0.15, -0.1) is 0 Å². The third-order valence-corrected chi connectivity index (χ3v) is 7.57. The Bertz CT molecular complexity index is 1350. The molecule has 214 valence electrons. The number of hydrogen-bond acceptors (Lipinski definition) is 4. The van der Waals surface area contributed by atoms with Crippen molar-refractivity contribution in [2.45, 2.75) is 77.7 Å². The number of hydrogen-bond donors (Lipinski definition) is 1. The third kappa shape index (κ3) is 7.14. The predicted molar refractivity (Wildman–Crippen MR) is 147 cm³/mol. The van der Waals surface area contributed by atoms with E-state index in [1.807, 2.05) is 0 Å². The summed E-state index contributed by atoms with van der Waals surface area (Å²) in [6, 6.07) is 8.95. The fourth-order valence-corrected chi connectivity index (χ4v) is 5.17. The number of methoxy groups -OCH3 is 1. The van der Waals surface area contributed by atoms with Crippen molar-refractivity contribution in [3.05, 3.63) is 76.7 Å². The number of halogens is 3.